The molecule has 9 heteroatoms. The van der Waals surface area contributed by atoms with Crippen LogP contribution in [-0.2, 0) is 4.79 Å². The number of halogens is 1. The summed E-state index contributed by atoms with van der Waals surface area (Å²) in [5.74, 6) is -0.184. The van der Waals surface area contributed by atoms with Crippen LogP contribution < -0.4 is 5.32 Å². The minimum atomic E-state index is -2.14. The molecule has 0 aromatic heterocycles. The molecule has 0 fully saturated rings. The first-order valence-electron chi connectivity index (χ1n) is 4.96. The van der Waals surface area contributed by atoms with Crippen molar-refractivity contribution in [2.75, 3.05) is 11.9 Å². The lowest BCUT2D eigenvalue weighted by atomic mass is 10.1. The van der Waals surface area contributed by atoms with E-state index >= 15 is 0 Å². The van der Waals surface area contributed by atoms with Gasteiger partial charge in [0.1, 0.15) is 0 Å². The maximum atomic E-state index is 10.8. The second kappa shape index (κ2) is 7.15. The molecule has 98 valence electrons. The van der Waals surface area contributed by atoms with Crippen LogP contribution in [0.2, 0.25) is 0 Å². The molecule has 0 aromatic carbocycles. The third kappa shape index (κ3) is 5.07. The van der Waals surface area contributed by atoms with Crippen LogP contribution in [0.25, 0.3) is 0 Å². The zero-order valence-electron chi connectivity index (χ0n) is 9.35. The van der Waals surface area contributed by atoms with E-state index in [1.54, 1.807) is 0 Å². The zero-order valence-corrected chi connectivity index (χ0v) is 10.9. The summed E-state index contributed by atoms with van der Waals surface area (Å²) < 4.78 is 0. The number of unbranched alkanes of at least 4 members (excludes halogenated alkanes) is 1. The fourth-order valence-electron chi connectivity index (χ4n) is 1.11. The van der Waals surface area contributed by atoms with Crippen LogP contribution in [0.3, 0.4) is 0 Å². The molecule has 0 radical (unpaired) electrons. The number of hydrogen-bond donors (Lipinski definition) is 1. The van der Waals surface area contributed by atoms with E-state index in [1.165, 1.54) is 0 Å². The lowest BCUT2D eigenvalue weighted by molar-refractivity contribution is -0.793. The Hall–Kier alpha value is -1.25. The minimum absolute atomic E-state index is 0.156. The highest BCUT2D eigenvalue weighted by Gasteiger charge is 2.49. The molecule has 1 amide bonds. The molecule has 0 aliphatic heterocycles. The van der Waals surface area contributed by atoms with E-state index in [0.717, 1.165) is 6.92 Å². The van der Waals surface area contributed by atoms with Crippen LogP contribution in [0, 0.1) is 20.2 Å². The van der Waals surface area contributed by atoms with Gasteiger partial charge in [-0.1, -0.05) is 15.9 Å². The van der Waals surface area contributed by atoms with Crippen molar-refractivity contribution in [1.82, 2.24) is 5.32 Å². The van der Waals surface area contributed by atoms with Gasteiger partial charge in [-0.05, 0) is 12.8 Å². The van der Waals surface area contributed by atoms with Crippen molar-refractivity contribution in [2.45, 2.75) is 31.8 Å². The summed E-state index contributed by atoms with van der Waals surface area (Å²) in [4.78, 5) is 30.2. The number of rotatable bonds is 8. The van der Waals surface area contributed by atoms with Gasteiger partial charge in [0, 0.05) is 6.54 Å². The summed E-state index contributed by atoms with van der Waals surface area (Å²) in [6.07, 6.45) is 0.619. The lowest BCUT2D eigenvalue weighted by Crippen LogP contribution is -2.43. The maximum Gasteiger partial charge on any atom is 0.455 e. The Balaban J connectivity index is 3.97. The number of nitro groups is 2. The zero-order chi connectivity index (χ0) is 13.5. The van der Waals surface area contributed by atoms with E-state index in [9.17, 15) is 25.0 Å². The topological polar surface area (TPSA) is 115 Å². The number of alkyl halides is 1. The maximum absolute atomic E-state index is 10.8. The summed E-state index contributed by atoms with van der Waals surface area (Å²) >= 11 is 2.96. The molecule has 0 aromatic rings. The fourth-order valence-corrected chi connectivity index (χ4v) is 1.31. The Bertz CT molecular complexity index is 296. The van der Waals surface area contributed by atoms with Gasteiger partial charge in [-0.3, -0.25) is 25.0 Å². The molecular weight excluding hydrogens is 298 g/mol. The highest BCUT2D eigenvalue weighted by molar-refractivity contribution is 9.09. The summed E-state index contributed by atoms with van der Waals surface area (Å²) in [7, 11) is 0. The van der Waals surface area contributed by atoms with Crippen LogP contribution in [0.15, 0.2) is 0 Å². The van der Waals surface area contributed by atoms with Crippen molar-refractivity contribution in [3.8, 4) is 0 Å². The second-order valence-electron chi connectivity index (χ2n) is 3.67. The van der Waals surface area contributed by atoms with Crippen molar-refractivity contribution in [3.05, 3.63) is 20.2 Å². The third-order valence-corrected chi connectivity index (χ3v) is 2.82. The first-order chi connectivity index (χ1) is 7.84. The Kier molecular flexibility index (Phi) is 6.62. The van der Waals surface area contributed by atoms with Gasteiger partial charge in [0.25, 0.3) is 0 Å². The van der Waals surface area contributed by atoms with Gasteiger partial charge in [-0.2, -0.15) is 0 Å². The van der Waals surface area contributed by atoms with Crippen molar-refractivity contribution in [2.24, 2.45) is 0 Å². The first-order valence-corrected chi connectivity index (χ1v) is 6.08. The van der Waals surface area contributed by atoms with Crippen molar-refractivity contribution in [3.63, 3.8) is 0 Å². The predicted molar refractivity (Wildman–Crippen MR) is 63.0 cm³/mol. The smallest absolute Gasteiger partial charge is 0.355 e. The highest BCUT2D eigenvalue weighted by atomic mass is 79.9. The van der Waals surface area contributed by atoms with Gasteiger partial charge < -0.3 is 5.32 Å². The molecule has 8 nitrogen and oxygen atoms in total. The average Bonchev–Trinajstić information content (AvgIpc) is 2.27. The van der Waals surface area contributed by atoms with Crippen LogP contribution >= 0.6 is 15.9 Å². The van der Waals surface area contributed by atoms with E-state index < -0.39 is 15.5 Å². The molecule has 0 aliphatic rings. The van der Waals surface area contributed by atoms with Gasteiger partial charge in [-0.25, -0.2) is 0 Å². The van der Waals surface area contributed by atoms with E-state index in [2.05, 4.69) is 21.2 Å². The monoisotopic (exact) mass is 311 g/mol. The standard InChI is InChI=1S/C8H14BrN3O5/c1-8(11(14)15,12(16)17)4-2-3-5-10-7(13)6-9/h2-6H2,1H3,(H,10,13). The Morgan fingerprint density at radius 1 is 1.29 bits per heavy atom. The van der Waals surface area contributed by atoms with Gasteiger partial charge in [0.2, 0.25) is 5.91 Å². The largest absolute Gasteiger partial charge is 0.455 e. The molecule has 0 atom stereocenters. The molecule has 0 heterocycles. The molecule has 0 bridgehead atoms. The molecule has 0 rings (SSSR count). The quantitative estimate of drug-likeness (QED) is 0.235. The normalized spacial score (nSPS) is 10.9. The predicted octanol–water partition coefficient (Wildman–Crippen LogP) is 0.937. The minimum Gasteiger partial charge on any atom is -0.355 e. The van der Waals surface area contributed by atoms with Crippen LogP contribution in [0.1, 0.15) is 26.2 Å². The number of amides is 1. The average molecular weight is 312 g/mol. The van der Waals surface area contributed by atoms with E-state index in [1.807, 2.05) is 0 Å². The van der Waals surface area contributed by atoms with Crippen molar-refractivity contribution < 1.29 is 14.6 Å². The molecule has 17 heavy (non-hydrogen) atoms. The SMILES string of the molecule is CC(CCCCNC(=O)CBr)([N+](=O)[O-])[N+](=O)[O-]. The van der Waals surface area contributed by atoms with Crippen LogP contribution in [0.4, 0.5) is 0 Å². The molecular formula is C8H14BrN3O5. The number of nitrogens with zero attached hydrogens (tertiary/aromatic N) is 2. The molecule has 0 saturated carbocycles. The lowest BCUT2D eigenvalue weighted by Gasteiger charge is -2.12. The fraction of sp³-hybridized carbons (Fsp3) is 0.875. The van der Waals surface area contributed by atoms with Gasteiger partial charge in [-0.15, -0.1) is 0 Å². The number of carbonyl (C=O) groups is 1. The second-order valence-corrected chi connectivity index (χ2v) is 4.23. The van der Waals surface area contributed by atoms with E-state index in [0.29, 0.717) is 19.4 Å². The number of carbonyl (C=O) groups excluding carboxylic acids is 1. The molecule has 1 N–H and O–H groups in total. The molecule has 0 aliphatic carbocycles. The van der Waals surface area contributed by atoms with Crippen molar-refractivity contribution >= 4 is 21.8 Å². The van der Waals surface area contributed by atoms with Gasteiger partial charge >= 0.3 is 5.66 Å². The molecule has 0 unspecified atom stereocenters. The summed E-state index contributed by atoms with van der Waals surface area (Å²) in [5.41, 5.74) is -2.14. The number of nitrogens with one attached hydrogen (secondary N) is 1. The van der Waals surface area contributed by atoms with Crippen LogP contribution in [0.5, 0.6) is 0 Å². The number of hydrogen-bond acceptors (Lipinski definition) is 5. The summed E-state index contributed by atoms with van der Waals surface area (Å²) in [6, 6.07) is 0. The molecule has 0 saturated heterocycles. The van der Waals surface area contributed by atoms with Gasteiger partial charge in [0.15, 0.2) is 0 Å². The third-order valence-electron chi connectivity index (χ3n) is 2.31. The van der Waals surface area contributed by atoms with Crippen LogP contribution in [-0.4, -0.2) is 33.3 Å². The van der Waals surface area contributed by atoms with Gasteiger partial charge in [0.05, 0.1) is 28.5 Å². The van der Waals surface area contributed by atoms with E-state index in [4.69, 9.17) is 0 Å². The van der Waals surface area contributed by atoms with E-state index in [-0.39, 0.29) is 17.7 Å². The Labute approximate surface area is 106 Å². The Morgan fingerprint density at radius 2 is 1.82 bits per heavy atom. The molecule has 0 spiro atoms. The Morgan fingerprint density at radius 3 is 2.24 bits per heavy atom. The van der Waals surface area contributed by atoms with Crippen molar-refractivity contribution in [1.29, 1.82) is 0 Å². The summed E-state index contributed by atoms with van der Waals surface area (Å²) in [5, 5.41) is 23.9. The highest BCUT2D eigenvalue weighted by Crippen LogP contribution is 2.18. The first kappa shape index (κ1) is 15.8. The summed E-state index contributed by atoms with van der Waals surface area (Å²) in [6.45, 7) is 1.35.